The van der Waals surface area contributed by atoms with Crippen LogP contribution in [0.15, 0.2) is 0 Å². The molecule has 0 bridgehead atoms. The number of hydrogen-bond donors (Lipinski definition) is 1. The van der Waals surface area contributed by atoms with Crippen molar-refractivity contribution in [2.45, 2.75) is 71.4 Å². The highest BCUT2D eigenvalue weighted by atomic mass is 15.3. The number of rotatable bonds is 6. The van der Waals surface area contributed by atoms with Crippen LogP contribution in [0.3, 0.4) is 0 Å². The van der Waals surface area contributed by atoms with E-state index in [4.69, 9.17) is 0 Å². The molecular weight excluding hydrogens is 224 g/mol. The molecule has 1 aromatic rings. The molecule has 0 unspecified atom stereocenters. The van der Waals surface area contributed by atoms with Crippen molar-refractivity contribution >= 4 is 0 Å². The van der Waals surface area contributed by atoms with Crippen molar-refractivity contribution in [2.75, 3.05) is 6.54 Å². The van der Waals surface area contributed by atoms with Crippen LogP contribution in [0.25, 0.3) is 0 Å². The van der Waals surface area contributed by atoms with E-state index in [0.29, 0.717) is 0 Å². The van der Waals surface area contributed by atoms with Gasteiger partial charge in [0.2, 0.25) is 0 Å². The van der Waals surface area contributed by atoms with Crippen molar-refractivity contribution in [3.63, 3.8) is 0 Å². The van der Waals surface area contributed by atoms with E-state index in [1.54, 1.807) is 0 Å². The van der Waals surface area contributed by atoms with Gasteiger partial charge < -0.3 is 5.32 Å². The molecule has 1 N–H and O–H groups in total. The second kappa shape index (κ2) is 6.88. The first-order valence-corrected chi connectivity index (χ1v) is 7.49. The summed E-state index contributed by atoms with van der Waals surface area (Å²) in [5.74, 6) is 2.10. The van der Waals surface area contributed by atoms with Gasteiger partial charge in [0.05, 0.1) is 6.54 Å². The molecule has 0 atom stereocenters. The van der Waals surface area contributed by atoms with E-state index in [9.17, 15) is 0 Å². The fourth-order valence-corrected chi connectivity index (χ4v) is 2.70. The molecule has 1 aliphatic rings. The summed E-state index contributed by atoms with van der Waals surface area (Å²) in [7, 11) is 0. The summed E-state index contributed by atoms with van der Waals surface area (Å²) >= 11 is 0. The van der Waals surface area contributed by atoms with Gasteiger partial charge in [-0.2, -0.15) is 5.10 Å². The standard InChI is InChI=1S/C14H26N4/c1-3-13-16-14(4-2)18(17-13)11-10-15-12-8-6-5-7-9-12/h12,15H,3-11H2,1-2H3. The Morgan fingerprint density at radius 1 is 1.17 bits per heavy atom. The summed E-state index contributed by atoms with van der Waals surface area (Å²) in [6.07, 6.45) is 8.78. The Balaban J connectivity index is 1.79. The monoisotopic (exact) mass is 250 g/mol. The topological polar surface area (TPSA) is 42.7 Å². The summed E-state index contributed by atoms with van der Waals surface area (Å²) < 4.78 is 2.08. The normalized spacial score (nSPS) is 17.2. The first kappa shape index (κ1) is 13.5. The predicted molar refractivity (Wildman–Crippen MR) is 73.7 cm³/mol. The Bertz CT molecular complexity index is 353. The predicted octanol–water partition coefficient (Wildman–Crippen LogP) is 2.33. The molecule has 0 amide bonds. The molecule has 1 saturated carbocycles. The van der Waals surface area contributed by atoms with Crippen LogP contribution in [0.4, 0.5) is 0 Å². The highest BCUT2D eigenvalue weighted by Gasteiger charge is 2.12. The van der Waals surface area contributed by atoms with Crippen LogP contribution in [0.5, 0.6) is 0 Å². The van der Waals surface area contributed by atoms with E-state index in [1.807, 2.05) is 0 Å². The van der Waals surface area contributed by atoms with Crippen LogP contribution in [0.1, 0.15) is 57.6 Å². The highest BCUT2D eigenvalue weighted by molar-refractivity contribution is 4.92. The quantitative estimate of drug-likeness (QED) is 0.842. The molecule has 0 spiro atoms. The number of hydrogen-bond acceptors (Lipinski definition) is 3. The largest absolute Gasteiger partial charge is 0.312 e. The van der Waals surface area contributed by atoms with Crippen molar-refractivity contribution < 1.29 is 0 Å². The van der Waals surface area contributed by atoms with E-state index in [0.717, 1.165) is 43.6 Å². The molecular formula is C14H26N4. The van der Waals surface area contributed by atoms with E-state index in [1.165, 1.54) is 32.1 Å². The minimum atomic E-state index is 0.734. The second-order valence-corrected chi connectivity index (χ2v) is 5.16. The maximum atomic E-state index is 4.55. The first-order chi connectivity index (χ1) is 8.83. The Labute approximate surface area is 110 Å². The molecule has 1 aliphatic carbocycles. The third-order valence-electron chi connectivity index (χ3n) is 3.79. The van der Waals surface area contributed by atoms with Crippen molar-refractivity contribution in [1.82, 2.24) is 20.1 Å². The molecule has 0 aromatic carbocycles. The van der Waals surface area contributed by atoms with E-state index in [-0.39, 0.29) is 0 Å². The van der Waals surface area contributed by atoms with Crippen molar-refractivity contribution in [3.05, 3.63) is 11.6 Å². The number of aromatic nitrogens is 3. The smallest absolute Gasteiger partial charge is 0.150 e. The molecule has 1 fully saturated rings. The van der Waals surface area contributed by atoms with Crippen LogP contribution in [0, 0.1) is 0 Å². The molecule has 1 heterocycles. The van der Waals surface area contributed by atoms with Gasteiger partial charge in [0, 0.05) is 25.4 Å². The van der Waals surface area contributed by atoms with E-state index < -0.39 is 0 Å². The molecule has 4 heteroatoms. The lowest BCUT2D eigenvalue weighted by Crippen LogP contribution is -2.33. The van der Waals surface area contributed by atoms with Gasteiger partial charge in [-0.3, -0.25) is 0 Å². The number of nitrogens with zero attached hydrogens (tertiary/aromatic N) is 3. The summed E-state index contributed by atoms with van der Waals surface area (Å²) in [6, 6.07) is 0.734. The molecule has 18 heavy (non-hydrogen) atoms. The van der Waals surface area contributed by atoms with Crippen molar-refractivity contribution in [1.29, 1.82) is 0 Å². The molecule has 0 saturated heterocycles. The van der Waals surface area contributed by atoms with Crippen LogP contribution in [0.2, 0.25) is 0 Å². The summed E-state index contributed by atoms with van der Waals surface area (Å²) in [6.45, 7) is 6.23. The molecule has 1 aromatic heterocycles. The third-order valence-corrected chi connectivity index (χ3v) is 3.79. The lowest BCUT2D eigenvalue weighted by Gasteiger charge is -2.22. The van der Waals surface area contributed by atoms with Crippen LogP contribution < -0.4 is 5.32 Å². The van der Waals surface area contributed by atoms with Gasteiger partial charge in [-0.25, -0.2) is 9.67 Å². The van der Waals surface area contributed by atoms with Gasteiger partial charge in [-0.15, -0.1) is 0 Å². The molecule has 4 nitrogen and oxygen atoms in total. The second-order valence-electron chi connectivity index (χ2n) is 5.16. The van der Waals surface area contributed by atoms with Gasteiger partial charge in [0.15, 0.2) is 5.82 Å². The maximum absolute atomic E-state index is 4.55. The van der Waals surface area contributed by atoms with Crippen LogP contribution >= 0.6 is 0 Å². The number of aryl methyl sites for hydroxylation is 2. The summed E-state index contributed by atoms with van der Waals surface area (Å²) in [5, 5.41) is 8.21. The fourth-order valence-electron chi connectivity index (χ4n) is 2.70. The molecule has 102 valence electrons. The molecule has 0 aliphatic heterocycles. The van der Waals surface area contributed by atoms with E-state index in [2.05, 4.69) is 33.9 Å². The zero-order valence-corrected chi connectivity index (χ0v) is 11.8. The minimum Gasteiger partial charge on any atom is -0.312 e. The SMILES string of the molecule is CCc1nc(CC)n(CCNC2CCCCC2)n1. The van der Waals surface area contributed by atoms with Gasteiger partial charge in [0.25, 0.3) is 0 Å². The van der Waals surface area contributed by atoms with Crippen molar-refractivity contribution in [3.8, 4) is 0 Å². The average molecular weight is 250 g/mol. The summed E-state index contributed by atoms with van der Waals surface area (Å²) in [4.78, 5) is 4.54. The van der Waals surface area contributed by atoms with Gasteiger partial charge in [-0.05, 0) is 12.8 Å². The molecule has 0 radical (unpaired) electrons. The minimum absolute atomic E-state index is 0.734. The number of nitrogens with one attached hydrogen (secondary N) is 1. The Morgan fingerprint density at radius 2 is 1.94 bits per heavy atom. The fraction of sp³-hybridized carbons (Fsp3) is 0.857. The van der Waals surface area contributed by atoms with Gasteiger partial charge >= 0.3 is 0 Å². The Morgan fingerprint density at radius 3 is 2.61 bits per heavy atom. The lowest BCUT2D eigenvalue weighted by atomic mass is 9.95. The maximum Gasteiger partial charge on any atom is 0.150 e. The van der Waals surface area contributed by atoms with Gasteiger partial charge in [-0.1, -0.05) is 33.1 Å². The van der Waals surface area contributed by atoms with Gasteiger partial charge in [0.1, 0.15) is 5.82 Å². The lowest BCUT2D eigenvalue weighted by molar-refractivity contribution is 0.363. The Hall–Kier alpha value is -0.900. The van der Waals surface area contributed by atoms with E-state index >= 15 is 0 Å². The summed E-state index contributed by atoms with van der Waals surface area (Å²) in [5.41, 5.74) is 0. The first-order valence-electron chi connectivity index (χ1n) is 7.49. The zero-order valence-electron chi connectivity index (χ0n) is 11.8. The molecule has 2 rings (SSSR count). The van der Waals surface area contributed by atoms with Crippen LogP contribution in [-0.2, 0) is 19.4 Å². The van der Waals surface area contributed by atoms with Crippen molar-refractivity contribution in [2.24, 2.45) is 0 Å². The average Bonchev–Trinajstić information content (AvgIpc) is 2.82. The Kier molecular flexibility index (Phi) is 5.17. The zero-order chi connectivity index (χ0) is 12.8. The third kappa shape index (κ3) is 3.55. The highest BCUT2D eigenvalue weighted by Crippen LogP contribution is 2.17. The van der Waals surface area contributed by atoms with Crippen LogP contribution in [-0.4, -0.2) is 27.4 Å².